The Kier molecular flexibility index (Phi) is 8.88. The van der Waals surface area contributed by atoms with Gasteiger partial charge in [0.1, 0.15) is 0 Å². The van der Waals surface area contributed by atoms with E-state index in [1.165, 1.54) is 5.56 Å². The maximum atomic E-state index is 13.0. The fourth-order valence-corrected chi connectivity index (χ4v) is 8.21. The van der Waals surface area contributed by atoms with Crippen LogP contribution in [0.3, 0.4) is 0 Å². The molecule has 0 heterocycles. The van der Waals surface area contributed by atoms with Gasteiger partial charge < -0.3 is 9.53 Å². The number of benzene rings is 4. The van der Waals surface area contributed by atoms with Crippen LogP contribution >= 0.6 is 0 Å². The maximum Gasteiger partial charge on any atom is 0.309 e. The first-order valence-corrected chi connectivity index (χ1v) is 14.7. The first-order valence-electron chi connectivity index (χ1n) is 12.7. The summed E-state index contributed by atoms with van der Waals surface area (Å²) in [4.78, 5) is 25.5. The van der Waals surface area contributed by atoms with Gasteiger partial charge in [0.2, 0.25) is 0 Å². The van der Waals surface area contributed by atoms with Crippen LogP contribution < -0.4 is 15.6 Å². The smallest absolute Gasteiger partial charge is 0.309 e. The third kappa shape index (κ3) is 6.01. The first-order chi connectivity index (χ1) is 17.6. The van der Waals surface area contributed by atoms with Crippen molar-refractivity contribution in [3.63, 3.8) is 0 Å². The molecule has 0 aliphatic heterocycles. The van der Waals surface area contributed by atoms with E-state index in [0.717, 1.165) is 40.4 Å². The Balaban J connectivity index is 1.67. The number of rotatable bonds is 11. The average Bonchev–Trinajstić information content (AvgIpc) is 2.94. The summed E-state index contributed by atoms with van der Waals surface area (Å²) >= 11 is 0. The van der Waals surface area contributed by atoms with Gasteiger partial charge in [-0.25, -0.2) is 0 Å². The lowest BCUT2D eigenvalue weighted by molar-refractivity contribution is -0.148. The van der Waals surface area contributed by atoms with E-state index in [1.807, 2.05) is 104 Å². The van der Waals surface area contributed by atoms with E-state index in [2.05, 4.69) is 18.2 Å². The normalized spacial score (nSPS) is 12.2. The quantitative estimate of drug-likeness (QED) is 0.191. The van der Waals surface area contributed by atoms with Crippen molar-refractivity contribution < 1.29 is 14.3 Å². The van der Waals surface area contributed by atoms with Crippen molar-refractivity contribution in [1.82, 2.24) is 0 Å². The Hall–Kier alpha value is -3.47. The molecule has 1 N–H and O–H groups in total. The SMILES string of the molecule is CCOC(=O)C(CCCc1ccccc1)Cc1ccccc1[Si](O)(c1ccccc1)c1ccccc1. The Morgan fingerprint density at radius 3 is 1.89 bits per heavy atom. The second kappa shape index (κ2) is 12.5. The van der Waals surface area contributed by atoms with Crippen LogP contribution in [-0.4, -0.2) is 25.7 Å². The van der Waals surface area contributed by atoms with Crippen molar-refractivity contribution in [2.24, 2.45) is 5.92 Å². The third-order valence-corrected chi connectivity index (χ3v) is 10.3. The van der Waals surface area contributed by atoms with Gasteiger partial charge in [0.05, 0.1) is 12.5 Å². The van der Waals surface area contributed by atoms with E-state index < -0.39 is 8.32 Å². The summed E-state index contributed by atoms with van der Waals surface area (Å²) < 4.78 is 5.48. The van der Waals surface area contributed by atoms with Gasteiger partial charge in [-0.15, -0.1) is 0 Å². The molecule has 4 rings (SSSR count). The highest BCUT2D eigenvalue weighted by Crippen LogP contribution is 2.19. The van der Waals surface area contributed by atoms with Gasteiger partial charge in [-0.05, 0) is 59.3 Å². The van der Waals surface area contributed by atoms with Crippen LogP contribution in [0, 0.1) is 5.92 Å². The molecular formula is C32H34O3Si. The minimum atomic E-state index is -3.28. The zero-order valence-electron chi connectivity index (χ0n) is 20.8. The van der Waals surface area contributed by atoms with Gasteiger partial charge in [-0.3, -0.25) is 4.79 Å². The Morgan fingerprint density at radius 1 is 0.778 bits per heavy atom. The van der Waals surface area contributed by atoms with Crippen LogP contribution in [0.15, 0.2) is 115 Å². The highest BCUT2D eigenvalue weighted by atomic mass is 28.4. The van der Waals surface area contributed by atoms with Gasteiger partial charge >= 0.3 is 5.97 Å². The minimum absolute atomic E-state index is 0.162. The molecular weight excluding hydrogens is 460 g/mol. The largest absolute Gasteiger partial charge is 0.466 e. The van der Waals surface area contributed by atoms with Crippen LogP contribution in [0.2, 0.25) is 0 Å². The molecule has 184 valence electrons. The van der Waals surface area contributed by atoms with E-state index in [4.69, 9.17) is 4.74 Å². The number of hydrogen-bond acceptors (Lipinski definition) is 3. The molecule has 0 spiro atoms. The van der Waals surface area contributed by atoms with Gasteiger partial charge in [0.15, 0.2) is 0 Å². The molecule has 0 aliphatic rings. The van der Waals surface area contributed by atoms with E-state index in [0.29, 0.717) is 13.0 Å². The molecule has 1 atom stereocenters. The van der Waals surface area contributed by atoms with Crippen LogP contribution in [-0.2, 0) is 22.4 Å². The molecule has 1 unspecified atom stereocenters. The number of carbonyl (C=O) groups excluding carboxylic acids is 1. The lowest BCUT2D eigenvalue weighted by Gasteiger charge is -2.30. The maximum absolute atomic E-state index is 13.0. The van der Waals surface area contributed by atoms with Crippen molar-refractivity contribution in [3.8, 4) is 0 Å². The van der Waals surface area contributed by atoms with Gasteiger partial charge in [0, 0.05) is 0 Å². The van der Waals surface area contributed by atoms with Crippen molar-refractivity contribution in [2.45, 2.75) is 32.6 Å². The number of esters is 1. The van der Waals surface area contributed by atoms with Crippen LogP contribution in [0.4, 0.5) is 0 Å². The fraction of sp³-hybridized carbons (Fsp3) is 0.219. The number of carbonyl (C=O) groups is 1. The predicted molar refractivity (Wildman–Crippen MR) is 149 cm³/mol. The lowest BCUT2D eigenvalue weighted by atomic mass is 9.93. The van der Waals surface area contributed by atoms with E-state index in [-0.39, 0.29) is 11.9 Å². The van der Waals surface area contributed by atoms with Crippen LogP contribution in [0.25, 0.3) is 0 Å². The summed E-state index contributed by atoms with van der Waals surface area (Å²) in [7, 11) is -3.28. The standard InChI is InChI=1S/C32H34O3Si/c1-2-35-32(33)28(19-14-17-26-15-6-3-7-16-26)25-27-18-12-13-24-31(27)36(34,29-20-8-4-9-21-29)30-22-10-5-11-23-30/h3-13,15-16,18,20-24,28,34H,2,14,17,19,25H2,1H3. The summed E-state index contributed by atoms with van der Waals surface area (Å²) in [5, 5.41) is 2.79. The monoisotopic (exact) mass is 494 g/mol. The summed E-state index contributed by atoms with van der Waals surface area (Å²) in [6, 6.07) is 38.3. The molecule has 0 radical (unpaired) electrons. The third-order valence-electron chi connectivity index (χ3n) is 6.74. The lowest BCUT2D eigenvalue weighted by Crippen LogP contribution is -2.68. The van der Waals surface area contributed by atoms with Crippen molar-refractivity contribution >= 4 is 29.8 Å². The molecule has 3 nitrogen and oxygen atoms in total. The molecule has 0 saturated heterocycles. The summed E-state index contributed by atoms with van der Waals surface area (Å²) in [5.41, 5.74) is 2.28. The molecule has 4 aromatic carbocycles. The fourth-order valence-electron chi connectivity index (χ4n) is 4.91. The predicted octanol–water partition coefficient (Wildman–Crippen LogP) is 4.39. The van der Waals surface area contributed by atoms with Gasteiger partial charge in [-0.2, -0.15) is 0 Å². The number of ether oxygens (including phenoxy) is 1. The highest BCUT2D eigenvalue weighted by Gasteiger charge is 2.40. The topological polar surface area (TPSA) is 46.5 Å². The Bertz CT molecular complexity index is 1190. The first kappa shape index (κ1) is 25.6. The highest BCUT2D eigenvalue weighted by molar-refractivity contribution is 7.06. The van der Waals surface area contributed by atoms with Crippen molar-refractivity contribution in [3.05, 3.63) is 126 Å². The molecule has 36 heavy (non-hydrogen) atoms. The number of hydrogen-bond donors (Lipinski definition) is 1. The zero-order valence-corrected chi connectivity index (χ0v) is 21.8. The molecule has 0 aliphatic carbocycles. The average molecular weight is 495 g/mol. The van der Waals surface area contributed by atoms with E-state index in [9.17, 15) is 9.59 Å². The van der Waals surface area contributed by atoms with Crippen molar-refractivity contribution in [1.29, 1.82) is 0 Å². The molecule has 0 saturated carbocycles. The molecule has 0 aromatic heterocycles. The second-order valence-corrected chi connectivity index (χ2v) is 12.2. The van der Waals surface area contributed by atoms with E-state index in [1.54, 1.807) is 0 Å². The van der Waals surface area contributed by atoms with Crippen molar-refractivity contribution in [2.75, 3.05) is 6.61 Å². The Labute approximate surface area is 215 Å². The van der Waals surface area contributed by atoms with Crippen LogP contribution in [0.1, 0.15) is 30.9 Å². The molecule has 4 heteroatoms. The summed E-state index contributed by atoms with van der Waals surface area (Å²) in [5.74, 6) is -0.426. The van der Waals surface area contributed by atoms with Crippen LogP contribution in [0.5, 0.6) is 0 Å². The number of aryl methyl sites for hydroxylation is 1. The molecule has 0 bridgehead atoms. The summed E-state index contributed by atoms with van der Waals surface area (Å²) in [6.07, 6.45) is 3.09. The molecule has 0 amide bonds. The minimum Gasteiger partial charge on any atom is -0.466 e. The summed E-state index contributed by atoms with van der Waals surface area (Å²) in [6.45, 7) is 2.21. The molecule has 4 aromatic rings. The zero-order chi connectivity index (χ0) is 25.2. The molecule has 0 fully saturated rings. The van der Waals surface area contributed by atoms with Gasteiger partial charge in [0.25, 0.3) is 8.32 Å². The Morgan fingerprint density at radius 2 is 1.31 bits per heavy atom. The second-order valence-electron chi connectivity index (χ2n) is 9.13. The van der Waals surface area contributed by atoms with E-state index >= 15 is 0 Å². The van der Waals surface area contributed by atoms with Gasteiger partial charge in [-0.1, -0.05) is 115 Å².